The number of hydrogen-bond donors (Lipinski definition) is 0. The van der Waals surface area contributed by atoms with Crippen molar-refractivity contribution in [2.24, 2.45) is 0 Å². The van der Waals surface area contributed by atoms with Crippen LogP contribution in [0.2, 0.25) is 0 Å². The number of esters is 3. The molecule has 0 heterocycles. The quantitative estimate of drug-likeness (QED) is 0.0261. The van der Waals surface area contributed by atoms with Crippen LogP contribution >= 0.6 is 0 Å². The molecule has 0 amide bonds. The molecular formula is C71H130O6. The van der Waals surface area contributed by atoms with Gasteiger partial charge in [-0.15, -0.1) is 0 Å². The van der Waals surface area contributed by atoms with E-state index in [-0.39, 0.29) is 31.1 Å². The van der Waals surface area contributed by atoms with E-state index in [4.69, 9.17) is 14.2 Å². The number of rotatable bonds is 63. The zero-order chi connectivity index (χ0) is 55.7. The minimum Gasteiger partial charge on any atom is -0.462 e. The average molecular weight is 1080 g/mol. The third kappa shape index (κ3) is 64.1. The standard InChI is InChI=1S/C71H130O6/c1-4-7-10-13-16-19-22-24-25-26-27-28-29-30-31-32-33-34-35-36-37-38-39-40-41-42-43-44-45-47-49-52-55-58-61-64-70(73)76-67-68(66-75-69(72)63-60-57-54-51-48-21-18-15-12-9-6-3)77-71(74)65-62-59-56-53-50-46-23-20-17-14-11-8-5-2/h11,14-15,18,20,23,26-27,68H,4-10,12-13,16-17,19,21-22,24-25,28-67H2,1-3H3/b14-11-,18-15-,23-20-,27-26-. The lowest BCUT2D eigenvalue weighted by Crippen LogP contribution is -2.30. The molecule has 1 unspecified atom stereocenters. The van der Waals surface area contributed by atoms with Crippen molar-refractivity contribution in [3.63, 3.8) is 0 Å². The highest BCUT2D eigenvalue weighted by Gasteiger charge is 2.19. The van der Waals surface area contributed by atoms with Gasteiger partial charge in [0.15, 0.2) is 6.10 Å². The summed E-state index contributed by atoms with van der Waals surface area (Å²) in [5, 5.41) is 0. The fourth-order valence-electron chi connectivity index (χ4n) is 10.1. The molecule has 0 rings (SSSR count). The Hall–Kier alpha value is -2.63. The first-order valence-corrected chi connectivity index (χ1v) is 34.1. The molecule has 0 N–H and O–H groups in total. The number of carbonyl (C=O) groups excluding carboxylic acids is 3. The van der Waals surface area contributed by atoms with E-state index in [0.29, 0.717) is 19.3 Å². The molecule has 450 valence electrons. The van der Waals surface area contributed by atoms with Crippen molar-refractivity contribution in [1.29, 1.82) is 0 Å². The highest BCUT2D eigenvalue weighted by molar-refractivity contribution is 5.71. The van der Waals surface area contributed by atoms with Crippen LogP contribution in [0.4, 0.5) is 0 Å². The topological polar surface area (TPSA) is 78.9 Å². The van der Waals surface area contributed by atoms with Crippen LogP contribution in [0.5, 0.6) is 0 Å². The molecule has 77 heavy (non-hydrogen) atoms. The van der Waals surface area contributed by atoms with E-state index in [1.165, 1.54) is 231 Å². The predicted octanol–water partition coefficient (Wildman–Crippen LogP) is 23.3. The largest absolute Gasteiger partial charge is 0.462 e. The van der Waals surface area contributed by atoms with Gasteiger partial charge in [-0.25, -0.2) is 0 Å². The number of unbranched alkanes of at least 4 members (excludes halogenated alkanes) is 44. The number of allylic oxidation sites excluding steroid dienone is 8. The number of ether oxygens (including phenoxy) is 3. The van der Waals surface area contributed by atoms with Crippen molar-refractivity contribution < 1.29 is 28.6 Å². The molecule has 0 bridgehead atoms. The van der Waals surface area contributed by atoms with Gasteiger partial charge in [-0.05, 0) is 89.9 Å². The normalized spacial score (nSPS) is 12.3. The zero-order valence-electron chi connectivity index (χ0n) is 51.7. The number of hydrogen-bond acceptors (Lipinski definition) is 6. The van der Waals surface area contributed by atoms with E-state index in [1.807, 2.05) is 0 Å². The Balaban J connectivity index is 3.98. The smallest absolute Gasteiger partial charge is 0.306 e. The molecule has 1 atom stereocenters. The Morgan fingerprint density at radius 2 is 0.506 bits per heavy atom. The Kier molecular flexibility index (Phi) is 63.6. The van der Waals surface area contributed by atoms with Crippen molar-refractivity contribution in [3.8, 4) is 0 Å². The highest BCUT2D eigenvalue weighted by Crippen LogP contribution is 2.18. The summed E-state index contributed by atoms with van der Waals surface area (Å²) in [4.78, 5) is 38.2. The van der Waals surface area contributed by atoms with Crippen LogP contribution in [0.25, 0.3) is 0 Å². The molecule has 0 radical (unpaired) electrons. The molecule has 0 aliphatic rings. The molecule has 0 aromatic carbocycles. The van der Waals surface area contributed by atoms with Crippen LogP contribution in [-0.4, -0.2) is 37.2 Å². The van der Waals surface area contributed by atoms with Gasteiger partial charge in [-0.1, -0.05) is 307 Å². The summed E-state index contributed by atoms with van der Waals surface area (Å²) >= 11 is 0. The Bertz CT molecular complexity index is 1330. The molecule has 0 aliphatic heterocycles. The Morgan fingerprint density at radius 3 is 0.818 bits per heavy atom. The van der Waals surface area contributed by atoms with Crippen LogP contribution in [0, 0.1) is 0 Å². The maximum absolute atomic E-state index is 12.8. The first kappa shape index (κ1) is 74.4. The van der Waals surface area contributed by atoms with Crippen molar-refractivity contribution in [2.45, 2.75) is 374 Å². The van der Waals surface area contributed by atoms with Gasteiger partial charge in [0, 0.05) is 19.3 Å². The third-order valence-corrected chi connectivity index (χ3v) is 15.3. The lowest BCUT2D eigenvalue weighted by Gasteiger charge is -2.18. The molecule has 0 spiro atoms. The van der Waals surface area contributed by atoms with Gasteiger partial charge in [0.05, 0.1) is 0 Å². The lowest BCUT2D eigenvalue weighted by atomic mass is 10.0. The minimum absolute atomic E-state index is 0.0782. The Morgan fingerprint density at radius 1 is 0.260 bits per heavy atom. The molecule has 0 saturated carbocycles. The van der Waals surface area contributed by atoms with E-state index in [0.717, 1.165) is 96.3 Å². The molecule has 0 fully saturated rings. The molecular weight excluding hydrogens is 949 g/mol. The van der Waals surface area contributed by atoms with Gasteiger partial charge >= 0.3 is 17.9 Å². The third-order valence-electron chi connectivity index (χ3n) is 15.3. The first-order valence-electron chi connectivity index (χ1n) is 34.1. The maximum atomic E-state index is 12.8. The monoisotopic (exact) mass is 1080 g/mol. The maximum Gasteiger partial charge on any atom is 0.306 e. The minimum atomic E-state index is -0.781. The zero-order valence-corrected chi connectivity index (χ0v) is 51.7. The van der Waals surface area contributed by atoms with Gasteiger partial charge in [0.25, 0.3) is 0 Å². The van der Waals surface area contributed by atoms with Crippen LogP contribution in [-0.2, 0) is 28.6 Å². The van der Waals surface area contributed by atoms with Crippen LogP contribution in [0.15, 0.2) is 48.6 Å². The lowest BCUT2D eigenvalue weighted by molar-refractivity contribution is -0.167. The second kappa shape index (κ2) is 65.9. The second-order valence-corrected chi connectivity index (χ2v) is 23.1. The van der Waals surface area contributed by atoms with E-state index in [2.05, 4.69) is 69.4 Å². The molecule has 0 saturated heterocycles. The van der Waals surface area contributed by atoms with Gasteiger partial charge < -0.3 is 14.2 Å². The van der Waals surface area contributed by atoms with Crippen molar-refractivity contribution in [3.05, 3.63) is 48.6 Å². The highest BCUT2D eigenvalue weighted by atomic mass is 16.6. The van der Waals surface area contributed by atoms with Crippen LogP contribution in [0.3, 0.4) is 0 Å². The number of carbonyl (C=O) groups is 3. The summed E-state index contributed by atoms with van der Waals surface area (Å²) in [7, 11) is 0. The van der Waals surface area contributed by atoms with Crippen LogP contribution in [0.1, 0.15) is 367 Å². The fourth-order valence-corrected chi connectivity index (χ4v) is 10.1. The summed E-state index contributed by atoms with van der Waals surface area (Å²) < 4.78 is 16.9. The van der Waals surface area contributed by atoms with Crippen molar-refractivity contribution in [1.82, 2.24) is 0 Å². The summed E-state index contributed by atoms with van der Waals surface area (Å²) in [5.74, 6) is -0.886. The van der Waals surface area contributed by atoms with Crippen molar-refractivity contribution in [2.75, 3.05) is 13.2 Å². The van der Waals surface area contributed by atoms with E-state index in [9.17, 15) is 14.4 Å². The second-order valence-electron chi connectivity index (χ2n) is 23.1. The van der Waals surface area contributed by atoms with Gasteiger partial charge in [-0.3, -0.25) is 14.4 Å². The molecule has 6 heteroatoms. The van der Waals surface area contributed by atoms with E-state index in [1.54, 1.807) is 0 Å². The van der Waals surface area contributed by atoms with Crippen molar-refractivity contribution >= 4 is 17.9 Å². The van der Waals surface area contributed by atoms with Crippen LogP contribution < -0.4 is 0 Å². The summed E-state index contributed by atoms with van der Waals surface area (Å²) in [6.07, 6.45) is 83.1. The molecule has 0 aromatic heterocycles. The average Bonchev–Trinajstić information content (AvgIpc) is 3.43. The summed E-state index contributed by atoms with van der Waals surface area (Å²) in [5.41, 5.74) is 0. The fraction of sp³-hybridized carbons (Fsp3) is 0.845. The van der Waals surface area contributed by atoms with Gasteiger partial charge in [-0.2, -0.15) is 0 Å². The molecule has 0 aliphatic carbocycles. The molecule has 0 aromatic rings. The van der Waals surface area contributed by atoms with Gasteiger partial charge in [0.1, 0.15) is 13.2 Å². The summed E-state index contributed by atoms with van der Waals surface area (Å²) in [6.45, 7) is 6.56. The Labute approximate surface area is 479 Å². The summed E-state index contributed by atoms with van der Waals surface area (Å²) in [6, 6.07) is 0. The van der Waals surface area contributed by atoms with E-state index >= 15 is 0 Å². The predicted molar refractivity (Wildman–Crippen MR) is 335 cm³/mol. The van der Waals surface area contributed by atoms with E-state index < -0.39 is 6.10 Å². The van der Waals surface area contributed by atoms with Gasteiger partial charge in [0.2, 0.25) is 0 Å². The molecule has 6 nitrogen and oxygen atoms in total. The first-order chi connectivity index (χ1) is 38.0. The SMILES string of the molecule is CCC/C=C\C/C=C\CCCCCCCC(=O)OC(COC(=O)CCCCCCC/C=C\CCCC)COC(=O)CCCCCCCCCCCCCCCCCCCCCCCCC/C=C\CCCCCCCCCC.